The quantitative estimate of drug-likeness (QED) is 0.424. The van der Waals surface area contributed by atoms with Crippen molar-refractivity contribution in [1.29, 1.82) is 0 Å². The minimum absolute atomic E-state index is 0.0659. The number of thiocarbonyl (C=S) groups is 1. The lowest BCUT2D eigenvalue weighted by Gasteiger charge is -2.12. The summed E-state index contributed by atoms with van der Waals surface area (Å²) >= 11 is 17.4. The van der Waals surface area contributed by atoms with Crippen molar-refractivity contribution in [1.82, 2.24) is 16.2 Å². The van der Waals surface area contributed by atoms with Crippen LogP contribution < -0.4 is 20.9 Å². The van der Waals surface area contributed by atoms with E-state index >= 15 is 0 Å². The third kappa shape index (κ3) is 6.56. The van der Waals surface area contributed by atoms with Gasteiger partial charge in [0.05, 0.1) is 4.47 Å². The Morgan fingerprint density at radius 3 is 2.58 bits per heavy atom. The van der Waals surface area contributed by atoms with Gasteiger partial charge < -0.3 is 4.74 Å². The van der Waals surface area contributed by atoms with E-state index in [1.165, 1.54) is 6.07 Å². The number of carbonyl (C=O) groups is 2. The van der Waals surface area contributed by atoms with Gasteiger partial charge in [0, 0.05) is 15.1 Å². The summed E-state index contributed by atoms with van der Waals surface area (Å²) in [5, 5.41) is 2.76. The first-order valence-electron chi connectivity index (χ1n) is 7.09. The number of amides is 2. The number of halogens is 3. The Kier molecular flexibility index (Phi) is 7.83. The molecule has 0 aliphatic heterocycles. The molecule has 0 spiro atoms. The van der Waals surface area contributed by atoms with Crippen LogP contribution in [0.5, 0.6) is 5.75 Å². The minimum Gasteiger partial charge on any atom is -0.483 e. The van der Waals surface area contributed by atoms with Crippen LogP contribution in [0.1, 0.15) is 10.4 Å². The van der Waals surface area contributed by atoms with Crippen LogP contribution >= 0.6 is 55.7 Å². The van der Waals surface area contributed by atoms with Gasteiger partial charge in [0.2, 0.25) is 0 Å². The Morgan fingerprint density at radius 1 is 1.12 bits per heavy atom. The van der Waals surface area contributed by atoms with Gasteiger partial charge in [0.1, 0.15) is 5.75 Å². The van der Waals surface area contributed by atoms with Gasteiger partial charge in [-0.05, 0) is 64.5 Å². The molecule has 0 fully saturated rings. The fourth-order valence-electron chi connectivity index (χ4n) is 1.74. The van der Waals surface area contributed by atoms with Gasteiger partial charge in [-0.1, -0.05) is 33.6 Å². The molecule has 6 nitrogen and oxygen atoms in total. The van der Waals surface area contributed by atoms with Crippen LogP contribution in [0.25, 0.3) is 0 Å². The smallest absolute Gasteiger partial charge is 0.269 e. The summed E-state index contributed by atoms with van der Waals surface area (Å²) < 4.78 is 6.97. The third-order valence-corrected chi connectivity index (χ3v) is 4.43. The molecule has 0 bridgehead atoms. The van der Waals surface area contributed by atoms with Crippen molar-refractivity contribution in [3.05, 3.63) is 62.0 Å². The molecule has 0 unspecified atom stereocenters. The molecule has 0 radical (unpaired) electrons. The molecule has 0 atom stereocenters. The van der Waals surface area contributed by atoms with Crippen molar-refractivity contribution in [2.24, 2.45) is 0 Å². The van der Waals surface area contributed by atoms with Crippen LogP contribution in [-0.4, -0.2) is 23.5 Å². The lowest BCUT2D eigenvalue weighted by molar-refractivity contribution is -0.121. The highest BCUT2D eigenvalue weighted by molar-refractivity contribution is 9.11. The normalized spacial score (nSPS) is 9.96. The molecule has 0 aliphatic rings. The molecule has 2 rings (SSSR count). The second-order valence-corrected chi connectivity index (χ2v) is 7.44. The van der Waals surface area contributed by atoms with E-state index in [0.29, 0.717) is 20.8 Å². The summed E-state index contributed by atoms with van der Waals surface area (Å²) in [7, 11) is 0. The van der Waals surface area contributed by atoms with Crippen molar-refractivity contribution < 1.29 is 14.3 Å². The molecule has 0 aromatic heterocycles. The van der Waals surface area contributed by atoms with Gasteiger partial charge in [0.25, 0.3) is 11.8 Å². The summed E-state index contributed by atoms with van der Waals surface area (Å²) in [4.78, 5) is 23.8. The second kappa shape index (κ2) is 9.86. The van der Waals surface area contributed by atoms with E-state index in [1.54, 1.807) is 36.4 Å². The number of carbonyl (C=O) groups excluding carboxylic acids is 2. The molecular weight excluding hydrogens is 510 g/mol. The summed E-state index contributed by atoms with van der Waals surface area (Å²) in [5.74, 6) is -0.412. The van der Waals surface area contributed by atoms with Crippen molar-refractivity contribution in [3.8, 4) is 5.75 Å². The van der Waals surface area contributed by atoms with Gasteiger partial charge >= 0.3 is 0 Å². The topological polar surface area (TPSA) is 79.5 Å². The molecule has 26 heavy (non-hydrogen) atoms. The van der Waals surface area contributed by atoms with E-state index in [-0.39, 0.29) is 11.7 Å². The Morgan fingerprint density at radius 2 is 1.88 bits per heavy atom. The van der Waals surface area contributed by atoms with E-state index in [0.717, 1.165) is 4.47 Å². The van der Waals surface area contributed by atoms with Gasteiger partial charge in [0.15, 0.2) is 11.7 Å². The van der Waals surface area contributed by atoms with Crippen LogP contribution in [-0.2, 0) is 4.79 Å². The van der Waals surface area contributed by atoms with Gasteiger partial charge in [-0.15, -0.1) is 0 Å². The van der Waals surface area contributed by atoms with E-state index in [2.05, 4.69) is 48.0 Å². The molecule has 0 saturated heterocycles. The van der Waals surface area contributed by atoms with E-state index < -0.39 is 11.8 Å². The maximum atomic E-state index is 11.9. The zero-order valence-corrected chi connectivity index (χ0v) is 17.8. The highest BCUT2D eigenvalue weighted by Crippen LogP contribution is 2.28. The van der Waals surface area contributed by atoms with Crippen LogP contribution in [0.15, 0.2) is 51.4 Å². The predicted octanol–water partition coefficient (Wildman–Crippen LogP) is 3.58. The average Bonchev–Trinajstić information content (AvgIpc) is 2.59. The number of rotatable bonds is 4. The first kappa shape index (κ1) is 20.6. The first-order valence-corrected chi connectivity index (χ1v) is 9.46. The van der Waals surface area contributed by atoms with Crippen molar-refractivity contribution >= 4 is 72.6 Å². The summed E-state index contributed by atoms with van der Waals surface area (Å²) in [6.45, 7) is -0.246. The van der Waals surface area contributed by atoms with E-state index in [4.69, 9.17) is 28.6 Å². The van der Waals surface area contributed by atoms with Gasteiger partial charge in [-0.25, -0.2) is 0 Å². The number of hydrazine groups is 1. The molecule has 136 valence electrons. The number of benzene rings is 2. The van der Waals surface area contributed by atoms with Crippen LogP contribution in [0.2, 0.25) is 5.02 Å². The molecule has 2 aromatic carbocycles. The molecule has 10 heteroatoms. The van der Waals surface area contributed by atoms with E-state index in [1.807, 2.05) is 0 Å². The Hall–Kier alpha value is -1.68. The minimum atomic E-state index is -0.477. The fraction of sp³-hybridized carbons (Fsp3) is 0.0625. The van der Waals surface area contributed by atoms with Gasteiger partial charge in [-0.3, -0.25) is 25.8 Å². The molecule has 0 heterocycles. The molecule has 0 aliphatic carbocycles. The zero-order valence-electron chi connectivity index (χ0n) is 13.0. The summed E-state index contributed by atoms with van der Waals surface area (Å²) in [6.07, 6.45) is 0. The highest BCUT2D eigenvalue weighted by atomic mass is 79.9. The van der Waals surface area contributed by atoms with Crippen LogP contribution in [0.3, 0.4) is 0 Å². The maximum absolute atomic E-state index is 11.9. The number of hydrogen-bond acceptors (Lipinski definition) is 4. The number of hydrogen-bond donors (Lipinski definition) is 3. The highest BCUT2D eigenvalue weighted by Gasteiger charge is 2.10. The maximum Gasteiger partial charge on any atom is 0.269 e. The van der Waals surface area contributed by atoms with Crippen molar-refractivity contribution in [2.75, 3.05) is 6.61 Å². The standard InChI is InChI=1S/C16H12Br2ClN3O3S/c17-10-4-5-13(12(18)7-10)25-8-14(23)20-16(26)22-21-15(24)9-2-1-3-11(19)6-9/h1-7H,8H2,(H,21,24)(H2,20,22,23,26). The van der Waals surface area contributed by atoms with Crippen molar-refractivity contribution in [3.63, 3.8) is 0 Å². The Balaban J connectivity index is 1.76. The van der Waals surface area contributed by atoms with Crippen LogP contribution in [0.4, 0.5) is 0 Å². The SMILES string of the molecule is O=C(COc1ccc(Br)cc1Br)NC(=S)NNC(=O)c1cccc(Cl)c1. The number of nitrogens with one attached hydrogen (secondary N) is 3. The monoisotopic (exact) mass is 519 g/mol. The van der Waals surface area contributed by atoms with Crippen molar-refractivity contribution in [2.45, 2.75) is 0 Å². The molecular formula is C16H12Br2ClN3O3S. The summed E-state index contributed by atoms with van der Waals surface area (Å²) in [6, 6.07) is 11.7. The third-order valence-electron chi connectivity index (χ3n) is 2.88. The second-order valence-electron chi connectivity index (χ2n) is 4.83. The Bertz CT molecular complexity index is 851. The zero-order chi connectivity index (χ0) is 19.1. The summed E-state index contributed by atoms with van der Waals surface area (Å²) in [5.41, 5.74) is 5.15. The largest absolute Gasteiger partial charge is 0.483 e. The molecule has 2 amide bonds. The molecule has 2 aromatic rings. The predicted molar refractivity (Wildman–Crippen MR) is 110 cm³/mol. The lowest BCUT2D eigenvalue weighted by Crippen LogP contribution is -2.49. The Labute approximate surface area is 176 Å². The molecule has 3 N–H and O–H groups in total. The first-order chi connectivity index (χ1) is 12.3. The average molecular weight is 522 g/mol. The van der Waals surface area contributed by atoms with Gasteiger partial charge in [-0.2, -0.15) is 0 Å². The molecule has 0 saturated carbocycles. The van der Waals surface area contributed by atoms with E-state index in [9.17, 15) is 9.59 Å². The lowest BCUT2D eigenvalue weighted by atomic mass is 10.2. The van der Waals surface area contributed by atoms with Crippen LogP contribution in [0, 0.1) is 0 Å². The fourth-order valence-corrected chi connectivity index (χ4v) is 3.26. The number of ether oxygens (including phenoxy) is 1.